The summed E-state index contributed by atoms with van der Waals surface area (Å²) in [6, 6.07) is 4.75. The number of primary amides is 1. The van der Waals surface area contributed by atoms with E-state index in [1.165, 1.54) is 4.90 Å². The number of anilines is 2. The second-order valence-electron chi connectivity index (χ2n) is 6.91. The average Bonchev–Trinajstić information content (AvgIpc) is 2.60. The van der Waals surface area contributed by atoms with E-state index in [9.17, 15) is 19.2 Å². The summed E-state index contributed by atoms with van der Waals surface area (Å²) < 4.78 is 5.13. The molecule has 10 nitrogen and oxygen atoms in total. The van der Waals surface area contributed by atoms with Gasteiger partial charge in [-0.05, 0) is 25.2 Å². The van der Waals surface area contributed by atoms with E-state index in [0.29, 0.717) is 18.8 Å². The number of carbonyl (C=O) groups excluding carboxylic acids is 4. The van der Waals surface area contributed by atoms with Gasteiger partial charge in [-0.1, -0.05) is 0 Å². The predicted molar refractivity (Wildman–Crippen MR) is 101 cm³/mol. The topological polar surface area (TPSA) is 134 Å². The molecule has 1 aromatic carbocycles. The van der Waals surface area contributed by atoms with Crippen molar-refractivity contribution in [3.05, 3.63) is 23.8 Å². The van der Waals surface area contributed by atoms with Gasteiger partial charge >= 0.3 is 0 Å². The van der Waals surface area contributed by atoms with Crippen molar-refractivity contribution in [2.45, 2.75) is 12.5 Å². The third-order valence-electron chi connectivity index (χ3n) is 4.55. The van der Waals surface area contributed by atoms with Crippen LogP contribution in [0.2, 0.25) is 0 Å². The first-order valence-corrected chi connectivity index (χ1v) is 8.93. The minimum Gasteiger partial charge on any atom is -0.370 e. The van der Waals surface area contributed by atoms with Crippen LogP contribution in [0, 0.1) is 0 Å². The highest BCUT2D eigenvalue weighted by Crippen LogP contribution is 2.25. The Morgan fingerprint density at radius 2 is 2.04 bits per heavy atom. The lowest BCUT2D eigenvalue weighted by molar-refractivity contribution is -0.126. The Hall–Kier alpha value is -2.98. The number of amides is 4. The van der Waals surface area contributed by atoms with Gasteiger partial charge in [-0.2, -0.15) is 0 Å². The molecular formula is C18H23N5O5. The van der Waals surface area contributed by atoms with Gasteiger partial charge in [0.25, 0.3) is 11.8 Å². The van der Waals surface area contributed by atoms with Crippen LogP contribution in [0.25, 0.3) is 0 Å². The van der Waals surface area contributed by atoms with Crippen molar-refractivity contribution in [1.29, 1.82) is 0 Å². The van der Waals surface area contributed by atoms with Crippen molar-refractivity contribution >= 4 is 35.0 Å². The van der Waals surface area contributed by atoms with E-state index in [0.717, 1.165) is 13.1 Å². The van der Waals surface area contributed by atoms with Gasteiger partial charge < -0.3 is 30.9 Å². The Balaban J connectivity index is 1.85. The molecule has 0 bridgehead atoms. The molecule has 2 heterocycles. The largest absolute Gasteiger partial charge is 0.370 e. The number of benzene rings is 1. The van der Waals surface area contributed by atoms with Crippen molar-refractivity contribution in [3.8, 4) is 0 Å². The lowest BCUT2D eigenvalue weighted by atomic mass is 10.1. The highest BCUT2D eigenvalue weighted by Gasteiger charge is 2.27. The molecule has 2 aliphatic rings. The van der Waals surface area contributed by atoms with E-state index in [-0.39, 0.29) is 35.7 Å². The number of hydrogen-bond acceptors (Lipinski definition) is 6. The van der Waals surface area contributed by atoms with Crippen LogP contribution in [0.3, 0.4) is 0 Å². The van der Waals surface area contributed by atoms with Crippen molar-refractivity contribution in [2.24, 2.45) is 5.73 Å². The molecule has 2 aliphatic heterocycles. The Labute approximate surface area is 162 Å². The highest BCUT2D eigenvalue weighted by molar-refractivity contribution is 6.08. The number of nitrogens with two attached hydrogens (primary N) is 1. The van der Waals surface area contributed by atoms with Crippen LogP contribution < -0.4 is 21.3 Å². The SMILES string of the molecule is CN1CC(NC(=O)c2cc(N3CCOCC3=O)ccc2NC(=O)CC(N)=O)C1. The zero-order valence-corrected chi connectivity index (χ0v) is 15.6. The molecule has 4 amide bonds. The average molecular weight is 389 g/mol. The minimum absolute atomic E-state index is 0.0142. The van der Waals surface area contributed by atoms with Gasteiger partial charge in [0.1, 0.15) is 13.0 Å². The molecule has 4 N–H and O–H groups in total. The molecule has 0 aromatic heterocycles. The Morgan fingerprint density at radius 1 is 1.29 bits per heavy atom. The Morgan fingerprint density at radius 3 is 2.68 bits per heavy atom. The van der Waals surface area contributed by atoms with Crippen LogP contribution in [0.5, 0.6) is 0 Å². The third-order valence-corrected chi connectivity index (χ3v) is 4.55. The number of likely N-dealkylation sites (tertiary alicyclic amines) is 1. The number of carbonyl (C=O) groups is 4. The van der Waals surface area contributed by atoms with Crippen molar-refractivity contribution in [2.75, 3.05) is 50.1 Å². The van der Waals surface area contributed by atoms with Gasteiger partial charge in [-0.15, -0.1) is 0 Å². The molecule has 2 saturated heterocycles. The Kier molecular flexibility index (Phi) is 5.90. The molecule has 150 valence electrons. The van der Waals surface area contributed by atoms with Crippen LogP contribution >= 0.6 is 0 Å². The van der Waals surface area contributed by atoms with E-state index >= 15 is 0 Å². The van der Waals surface area contributed by atoms with Gasteiger partial charge in [0.2, 0.25) is 11.8 Å². The first-order valence-electron chi connectivity index (χ1n) is 8.93. The zero-order valence-electron chi connectivity index (χ0n) is 15.6. The number of hydrogen-bond donors (Lipinski definition) is 3. The molecule has 0 saturated carbocycles. The van der Waals surface area contributed by atoms with E-state index in [4.69, 9.17) is 10.5 Å². The van der Waals surface area contributed by atoms with Crippen LogP contribution in [-0.2, 0) is 19.1 Å². The van der Waals surface area contributed by atoms with Gasteiger partial charge in [0, 0.05) is 25.3 Å². The molecule has 2 fully saturated rings. The lowest BCUT2D eigenvalue weighted by Crippen LogP contribution is -2.57. The lowest BCUT2D eigenvalue weighted by Gasteiger charge is -2.36. The van der Waals surface area contributed by atoms with Crippen molar-refractivity contribution in [3.63, 3.8) is 0 Å². The van der Waals surface area contributed by atoms with E-state index in [1.807, 2.05) is 7.05 Å². The maximum atomic E-state index is 12.8. The van der Waals surface area contributed by atoms with Gasteiger partial charge in [0.05, 0.1) is 23.9 Å². The maximum absolute atomic E-state index is 12.8. The second kappa shape index (κ2) is 8.36. The standard InChI is InChI=1S/C18H23N5O5/c1-22-8-11(9-22)20-18(27)13-6-12(23-4-5-28-10-17(23)26)2-3-14(13)21-16(25)7-15(19)24/h2-3,6,11H,4-5,7-10H2,1H3,(H2,19,24)(H,20,27)(H,21,25). The maximum Gasteiger partial charge on any atom is 0.253 e. The second-order valence-corrected chi connectivity index (χ2v) is 6.91. The van der Waals surface area contributed by atoms with E-state index < -0.39 is 18.2 Å². The summed E-state index contributed by atoms with van der Waals surface area (Å²) in [5.74, 6) is -1.95. The van der Waals surface area contributed by atoms with E-state index in [2.05, 4.69) is 15.5 Å². The molecule has 28 heavy (non-hydrogen) atoms. The number of ether oxygens (including phenoxy) is 1. The fourth-order valence-corrected chi connectivity index (χ4v) is 3.19. The summed E-state index contributed by atoms with van der Waals surface area (Å²) >= 11 is 0. The summed E-state index contributed by atoms with van der Waals surface area (Å²) in [7, 11) is 1.95. The molecule has 3 rings (SSSR count). The fourth-order valence-electron chi connectivity index (χ4n) is 3.19. The first-order chi connectivity index (χ1) is 13.3. The molecular weight excluding hydrogens is 366 g/mol. The fraction of sp³-hybridized carbons (Fsp3) is 0.444. The van der Waals surface area contributed by atoms with Gasteiger partial charge in [-0.25, -0.2) is 0 Å². The van der Waals surface area contributed by atoms with Crippen LogP contribution in [-0.4, -0.2) is 74.5 Å². The van der Waals surface area contributed by atoms with Crippen molar-refractivity contribution in [1.82, 2.24) is 10.2 Å². The van der Waals surface area contributed by atoms with Gasteiger partial charge in [-0.3, -0.25) is 19.2 Å². The summed E-state index contributed by atoms with van der Waals surface area (Å²) in [5, 5.41) is 5.45. The normalized spacial score (nSPS) is 17.8. The molecule has 0 spiro atoms. The van der Waals surface area contributed by atoms with Crippen LogP contribution in [0.1, 0.15) is 16.8 Å². The van der Waals surface area contributed by atoms with E-state index in [1.54, 1.807) is 18.2 Å². The molecule has 1 aromatic rings. The molecule has 10 heteroatoms. The van der Waals surface area contributed by atoms with Crippen LogP contribution in [0.15, 0.2) is 18.2 Å². The van der Waals surface area contributed by atoms with Crippen molar-refractivity contribution < 1.29 is 23.9 Å². The summed E-state index contributed by atoms with van der Waals surface area (Å²) in [5.41, 5.74) is 6.05. The van der Waals surface area contributed by atoms with Gasteiger partial charge in [0.15, 0.2) is 0 Å². The zero-order chi connectivity index (χ0) is 20.3. The third kappa shape index (κ3) is 4.65. The predicted octanol–water partition coefficient (Wildman–Crippen LogP) is -1.09. The number of rotatable bonds is 6. The first kappa shape index (κ1) is 19.8. The summed E-state index contributed by atoms with van der Waals surface area (Å²) in [4.78, 5) is 51.4. The molecule has 0 radical (unpaired) electrons. The Bertz CT molecular complexity index is 806. The minimum atomic E-state index is -0.767. The monoisotopic (exact) mass is 389 g/mol. The summed E-state index contributed by atoms with van der Waals surface area (Å²) in [6.07, 6.45) is -0.488. The molecule has 0 atom stereocenters. The number of nitrogens with one attached hydrogen (secondary N) is 2. The molecule has 0 aliphatic carbocycles. The quantitative estimate of drug-likeness (QED) is 0.529. The number of likely N-dealkylation sites (N-methyl/N-ethyl adjacent to an activating group) is 1. The highest BCUT2D eigenvalue weighted by atomic mass is 16.5. The summed E-state index contributed by atoms with van der Waals surface area (Å²) in [6.45, 7) is 2.22. The number of morpholine rings is 1. The molecule has 0 unspecified atom stereocenters. The smallest absolute Gasteiger partial charge is 0.253 e. The van der Waals surface area contributed by atoms with Crippen LogP contribution in [0.4, 0.5) is 11.4 Å². The number of nitrogens with zero attached hydrogens (tertiary/aromatic N) is 2.